The van der Waals surface area contributed by atoms with E-state index in [2.05, 4.69) is 5.32 Å². The van der Waals surface area contributed by atoms with E-state index in [1.165, 1.54) is 6.92 Å². The van der Waals surface area contributed by atoms with Gasteiger partial charge >= 0.3 is 5.97 Å². The van der Waals surface area contributed by atoms with Crippen LogP contribution in [0.2, 0.25) is 0 Å². The second-order valence-electron chi connectivity index (χ2n) is 3.84. The molecule has 0 aliphatic heterocycles. The van der Waals surface area contributed by atoms with Crippen LogP contribution in [-0.2, 0) is 9.59 Å². The number of nitrogens with two attached hydrogens (primary N) is 1. The molecule has 3 atom stereocenters. The summed E-state index contributed by atoms with van der Waals surface area (Å²) in [5.74, 6) is -1.31. The lowest BCUT2D eigenvalue weighted by Gasteiger charge is -2.13. The van der Waals surface area contributed by atoms with Crippen LogP contribution in [0.15, 0.2) is 0 Å². The standard InChI is InChI=1S/C9H16N2O3/c1-5(9(13)14)11-8(12)6-2-3-7(10)4-6/h5-7H,2-4,10H2,1H3,(H,11,12)(H,13,14). The Kier molecular flexibility index (Phi) is 3.46. The van der Waals surface area contributed by atoms with Crippen LogP contribution < -0.4 is 11.1 Å². The molecule has 5 nitrogen and oxygen atoms in total. The van der Waals surface area contributed by atoms with Crippen molar-refractivity contribution in [3.05, 3.63) is 0 Å². The fourth-order valence-electron chi connectivity index (χ4n) is 1.65. The molecule has 14 heavy (non-hydrogen) atoms. The molecule has 1 aliphatic carbocycles. The largest absolute Gasteiger partial charge is 0.480 e. The summed E-state index contributed by atoms with van der Waals surface area (Å²) < 4.78 is 0. The van der Waals surface area contributed by atoms with Gasteiger partial charge in [-0.05, 0) is 26.2 Å². The second kappa shape index (κ2) is 4.41. The molecule has 0 bridgehead atoms. The number of aliphatic carboxylic acids is 1. The second-order valence-corrected chi connectivity index (χ2v) is 3.84. The number of nitrogens with one attached hydrogen (secondary N) is 1. The molecule has 1 fully saturated rings. The molecule has 1 rings (SSSR count). The summed E-state index contributed by atoms with van der Waals surface area (Å²) >= 11 is 0. The molecule has 80 valence electrons. The summed E-state index contributed by atoms with van der Waals surface area (Å²) in [5, 5.41) is 11.0. The minimum absolute atomic E-state index is 0.0888. The number of amides is 1. The van der Waals surface area contributed by atoms with Crippen molar-refractivity contribution in [2.24, 2.45) is 11.7 Å². The van der Waals surface area contributed by atoms with Gasteiger partial charge in [-0.2, -0.15) is 0 Å². The molecule has 5 heteroatoms. The van der Waals surface area contributed by atoms with Gasteiger partial charge in [-0.3, -0.25) is 9.59 Å². The van der Waals surface area contributed by atoms with Crippen molar-refractivity contribution < 1.29 is 14.7 Å². The zero-order valence-corrected chi connectivity index (χ0v) is 8.19. The highest BCUT2D eigenvalue weighted by Crippen LogP contribution is 2.24. The number of rotatable bonds is 3. The molecule has 0 aromatic carbocycles. The third-order valence-corrected chi connectivity index (χ3v) is 2.57. The molecular formula is C9H16N2O3. The van der Waals surface area contributed by atoms with Crippen molar-refractivity contribution in [3.63, 3.8) is 0 Å². The monoisotopic (exact) mass is 200 g/mol. The minimum atomic E-state index is -1.01. The summed E-state index contributed by atoms with van der Waals surface area (Å²) in [6.45, 7) is 1.45. The summed E-state index contributed by atoms with van der Waals surface area (Å²) in [4.78, 5) is 22.0. The Balaban J connectivity index is 2.39. The first-order valence-corrected chi connectivity index (χ1v) is 4.79. The molecule has 0 aromatic rings. The lowest BCUT2D eigenvalue weighted by molar-refractivity contribution is -0.141. The molecule has 3 unspecified atom stereocenters. The molecule has 4 N–H and O–H groups in total. The van der Waals surface area contributed by atoms with Crippen LogP contribution in [0.4, 0.5) is 0 Å². The van der Waals surface area contributed by atoms with Crippen LogP contribution in [0.3, 0.4) is 0 Å². The van der Waals surface area contributed by atoms with Gasteiger partial charge in [-0.25, -0.2) is 0 Å². The highest BCUT2D eigenvalue weighted by atomic mass is 16.4. The average molecular weight is 200 g/mol. The predicted octanol–water partition coefficient (Wildman–Crippen LogP) is -0.297. The Morgan fingerprint density at radius 3 is 2.57 bits per heavy atom. The van der Waals surface area contributed by atoms with E-state index in [1.54, 1.807) is 0 Å². The number of carbonyl (C=O) groups excluding carboxylic acids is 1. The topological polar surface area (TPSA) is 92.4 Å². The third kappa shape index (κ3) is 2.70. The highest BCUT2D eigenvalue weighted by Gasteiger charge is 2.29. The van der Waals surface area contributed by atoms with E-state index in [-0.39, 0.29) is 17.9 Å². The van der Waals surface area contributed by atoms with Crippen LogP contribution in [0.25, 0.3) is 0 Å². The molecule has 0 spiro atoms. The van der Waals surface area contributed by atoms with Crippen molar-refractivity contribution in [1.29, 1.82) is 0 Å². The van der Waals surface area contributed by atoms with E-state index >= 15 is 0 Å². The van der Waals surface area contributed by atoms with E-state index in [4.69, 9.17) is 10.8 Å². The fourth-order valence-corrected chi connectivity index (χ4v) is 1.65. The van der Waals surface area contributed by atoms with Gasteiger partial charge in [0.15, 0.2) is 0 Å². The lowest BCUT2D eigenvalue weighted by atomic mass is 10.1. The Hall–Kier alpha value is -1.10. The number of carbonyl (C=O) groups is 2. The summed E-state index contributed by atoms with van der Waals surface area (Å²) in [7, 11) is 0. The maximum absolute atomic E-state index is 11.5. The molecule has 1 amide bonds. The van der Waals surface area contributed by atoms with Crippen LogP contribution in [0.5, 0.6) is 0 Å². The predicted molar refractivity (Wildman–Crippen MR) is 50.6 cm³/mol. The van der Waals surface area contributed by atoms with Gasteiger partial charge in [-0.1, -0.05) is 0 Å². The number of hydrogen-bond donors (Lipinski definition) is 3. The van der Waals surface area contributed by atoms with Gasteiger partial charge in [-0.15, -0.1) is 0 Å². The first kappa shape index (κ1) is 11.0. The zero-order chi connectivity index (χ0) is 10.7. The van der Waals surface area contributed by atoms with Gasteiger partial charge in [0.05, 0.1) is 0 Å². The van der Waals surface area contributed by atoms with Gasteiger partial charge in [0.1, 0.15) is 6.04 Å². The normalized spacial score (nSPS) is 28.4. The van der Waals surface area contributed by atoms with E-state index in [0.717, 1.165) is 12.8 Å². The number of carboxylic acid groups (broad SMARTS) is 1. The van der Waals surface area contributed by atoms with E-state index in [1.807, 2.05) is 0 Å². The van der Waals surface area contributed by atoms with E-state index in [9.17, 15) is 9.59 Å². The van der Waals surface area contributed by atoms with Crippen LogP contribution in [0, 0.1) is 5.92 Å². The molecule has 0 radical (unpaired) electrons. The Morgan fingerprint density at radius 1 is 1.50 bits per heavy atom. The van der Waals surface area contributed by atoms with Gasteiger partial charge in [0, 0.05) is 12.0 Å². The van der Waals surface area contributed by atoms with E-state index < -0.39 is 12.0 Å². The van der Waals surface area contributed by atoms with Crippen molar-refractivity contribution in [2.75, 3.05) is 0 Å². The lowest BCUT2D eigenvalue weighted by Crippen LogP contribution is -2.41. The van der Waals surface area contributed by atoms with Crippen molar-refractivity contribution in [1.82, 2.24) is 5.32 Å². The Bertz CT molecular complexity index is 242. The first-order valence-electron chi connectivity index (χ1n) is 4.79. The molecular weight excluding hydrogens is 184 g/mol. The van der Waals surface area contributed by atoms with Crippen LogP contribution >= 0.6 is 0 Å². The van der Waals surface area contributed by atoms with Crippen LogP contribution in [0.1, 0.15) is 26.2 Å². The van der Waals surface area contributed by atoms with E-state index in [0.29, 0.717) is 6.42 Å². The third-order valence-electron chi connectivity index (χ3n) is 2.57. The average Bonchev–Trinajstić information content (AvgIpc) is 2.51. The summed E-state index contributed by atoms with van der Waals surface area (Å²) in [5.41, 5.74) is 5.66. The summed E-state index contributed by atoms with van der Waals surface area (Å²) in [6, 6.07) is -0.731. The molecule has 0 aromatic heterocycles. The maximum Gasteiger partial charge on any atom is 0.325 e. The van der Waals surface area contributed by atoms with Gasteiger partial charge in [0.2, 0.25) is 5.91 Å². The SMILES string of the molecule is CC(NC(=O)C1CCC(N)C1)C(=O)O. The van der Waals surface area contributed by atoms with Crippen LogP contribution in [-0.4, -0.2) is 29.1 Å². The van der Waals surface area contributed by atoms with Crippen molar-refractivity contribution in [3.8, 4) is 0 Å². The Labute approximate surface area is 82.7 Å². The molecule has 1 aliphatic rings. The fraction of sp³-hybridized carbons (Fsp3) is 0.778. The van der Waals surface area contributed by atoms with Gasteiger partial charge < -0.3 is 16.2 Å². The van der Waals surface area contributed by atoms with Crippen molar-refractivity contribution >= 4 is 11.9 Å². The van der Waals surface area contributed by atoms with Crippen molar-refractivity contribution in [2.45, 2.75) is 38.3 Å². The Morgan fingerprint density at radius 2 is 2.14 bits per heavy atom. The molecule has 0 saturated heterocycles. The smallest absolute Gasteiger partial charge is 0.325 e. The number of hydrogen-bond acceptors (Lipinski definition) is 3. The quantitative estimate of drug-likeness (QED) is 0.583. The highest BCUT2D eigenvalue weighted by molar-refractivity contribution is 5.84. The zero-order valence-electron chi connectivity index (χ0n) is 8.19. The number of carboxylic acids is 1. The summed E-state index contributed by atoms with van der Waals surface area (Å²) in [6.07, 6.45) is 2.27. The minimum Gasteiger partial charge on any atom is -0.480 e. The molecule has 0 heterocycles. The maximum atomic E-state index is 11.5. The first-order chi connectivity index (χ1) is 6.50. The molecule has 1 saturated carbocycles. The van der Waals surface area contributed by atoms with Gasteiger partial charge in [0.25, 0.3) is 0 Å².